The number of carbonyl (C=O) groups excluding carboxylic acids is 2. The Balaban J connectivity index is 2.23. The summed E-state index contributed by atoms with van der Waals surface area (Å²) in [6, 6.07) is -0.268. The molecule has 0 aromatic rings. The summed E-state index contributed by atoms with van der Waals surface area (Å²) in [5.74, 6) is 0.260. The number of likely N-dealkylation sites (tertiary alicyclic amines) is 1. The molecule has 19 heavy (non-hydrogen) atoms. The number of rotatable bonds is 5. The van der Waals surface area contributed by atoms with Gasteiger partial charge in [0.2, 0.25) is 5.91 Å². The van der Waals surface area contributed by atoms with Crippen LogP contribution in [0.15, 0.2) is 12.7 Å². The van der Waals surface area contributed by atoms with E-state index in [2.05, 4.69) is 22.1 Å². The molecule has 1 fully saturated rings. The number of nitrogens with two attached hydrogens (primary N) is 1. The van der Waals surface area contributed by atoms with Crippen molar-refractivity contribution in [3.8, 4) is 0 Å². The molecule has 0 spiro atoms. The van der Waals surface area contributed by atoms with Crippen molar-refractivity contribution in [3.05, 3.63) is 12.7 Å². The Hall–Kier alpha value is -1.40. The lowest BCUT2D eigenvalue weighted by Crippen LogP contribution is -2.47. The largest absolute Gasteiger partial charge is 0.334 e. The van der Waals surface area contributed by atoms with Gasteiger partial charge in [0.15, 0.2) is 0 Å². The van der Waals surface area contributed by atoms with Crippen molar-refractivity contribution in [2.24, 2.45) is 11.7 Å². The second kappa shape index (κ2) is 7.91. The molecule has 1 aliphatic heterocycles. The van der Waals surface area contributed by atoms with Crippen LogP contribution in [-0.2, 0) is 4.79 Å². The first kappa shape index (κ1) is 15.7. The van der Waals surface area contributed by atoms with Gasteiger partial charge in [0.1, 0.15) is 0 Å². The van der Waals surface area contributed by atoms with E-state index in [9.17, 15) is 9.59 Å². The van der Waals surface area contributed by atoms with Crippen LogP contribution in [0.5, 0.6) is 0 Å². The Morgan fingerprint density at radius 2 is 2.11 bits per heavy atom. The molecule has 3 amide bonds. The number of piperidine rings is 1. The maximum Gasteiger partial charge on any atom is 0.321 e. The molecule has 0 aromatic heterocycles. The van der Waals surface area contributed by atoms with Crippen LogP contribution in [0.1, 0.15) is 19.8 Å². The first-order valence-corrected chi connectivity index (χ1v) is 6.69. The fourth-order valence-electron chi connectivity index (χ4n) is 2.22. The minimum absolute atomic E-state index is 0.209. The van der Waals surface area contributed by atoms with Gasteiger partial charge in [-0.2, -0.15) is 0 Å². The average molecular weight is 268 g/mol. The summed E-state index contributed by atoms with van der Waals surface area (Å²) < 4.78 is 0. The van der Waals surface area contributed by atoms with E-state index < -0.39 is 6.03 Å². The Bertz CT molecular complexity index is 323. The van der Waals surface area contributed by atoms with Crippen molar-refractivity contribution in [2.45, 2.75) is 25.8 Å². The molecule has 0 aliphatic carbocycles. The van der Waals surface area contributed by atoms with E-state index in [1.165, 1.54) is 0 Å². The van der Waals surface area contributed by atoms with Crippen molar-refractivity contribution in [3.63, 3.8) is 0 Å². The number of carbonyl (C=O) groups is 2. The number of imide groups is 1. The van der Waals surface area contributed by atoms with Crippen molar-refractivity contribution in [2.75, 3.05) is 26.2 Å². The predicted octanol–water partition coefficient (Wildman–Crippen LogP) is 0.0574. The van der Waals surface area contributed by atoms with Crippen LogP contribution in [-0.4, -0.2) is 49.1 Å². The second-order valence-corrected chi connectivity index (χ2v) is 5.02. The molecular weight excluding hydrogens is 244 g/mol. The average Bonchev–Trinajstić information content (AvgIpc) is 2.36. The van der Waals surface area contributed by atoms with Crippen LogP contribution in [0.2, 0.25) is 0 Å². The predicted molar refractivity (Wildman–Crippen MR) is 74.6 cm³/mol. The second-order valence-electron chi connectivity index (χ2n) is 5.02. The van der Waals surface area contributed by atoms with E-state index in [0.717, 1.165) is 25.9 Å². The van der Waals surface area contributed by atoms with Gasteiger partial charge in [-0.05, 0) is 38.8 Å². The van der Waals surface area contributed by atoms with Gasteiger partial charge in [-0.1, -0.05) is 6.08 Å². The molecule has 6 heteroatoms. The van der Waals surface area contributed by atoms with Gasteiger partial charge in [0, 0.05) is 12.6 Å². The fourth-order valence-corrected chi connectivity index (χ4v) is 2.22. The fraction of sp³-hybridized carbons (Fsp3) is 0.692. The molecule has 4 N–H and O–H groups in total. The lowest BCUT2D eigenvalue weighted by Gasteiger charge is -2.33. The SMILES string of the molecule is C=CCNC(=O)NC(=O)CN1CCC(C(C)N)CC1. The lowest BCUT2D eigenvalue weighted by atomic mass is 9.91. The molecule has 6 nitrogen and oxygen atoms in total. The van der Waals surface area contributed by atoms with E-state index in [-0.39, 0.29) is 18.5 Å². The Labute approximate surface area is 114 Å². The number of nitrogens with zero attached hydrogens (tertiary/aromatic N) is 1. The number of hydrogen-bond acceptors (Lipinski definition) is 4. The zero-order chi connectivity index (χ0) is 14.3. The van der Waals surface area contributed by atoms with Crippen molar-refractivity contribution < 1.29 is 9.59 Å². The first-order valence-electron chi connectivity index (χ1n) is 6.69. The summed E-state index contributed by atoms with van der Waals surface area (Å²) in [6.45, 7) is 7.82. The molecule has 1 atom stereocenters. The minimum atomic E-state index is -0.477. The van der Waals surface area contributed by atoms with E-state index >= 15 is 0 Å². The highest BCUT2D eigenvalue weighted by molar-refractivity contribution is 5.95. The molecule has 108 valence electrons. The third-order valence-corrected chi connectivity index (χ3v) is 3.40. The van der Waals surface area contributed by atoms with E-state index in [1.54, 1.807) is 6.08 Å². The van der Waals surface area contributed by atoms with Crippen LogP contribution in [0.4, 0.5) is 4.79 Å². The van der Waals surface area contributed by atoms with Gasteiger partial charge in [-0.15, -0.1) is 6.58 Å². The summed E-state index contributed by atoms with van der Waals surface area (Å²) >= 11 is 0. The Morgan fingerprint density at radius 1 is 1.47 bits per heavy atom. The number of urea groups is 1. The van der Waals surface area contributed by atoms with Gasteiger partial charge in [0.25, 0.3) is 0 Å². The van der Waals surface area contributed by atoms with Crippen molar-refractivity contribution in [1.82, 2.24) is 15.5 Å². The van der Waals surface area contributed by atoms with Gasteiger partial charge >= 0.3 is 6.03 Å². The first-order chi connectivity index (χ1) is 9.02. The van der Waals surface area contributed by atoms with Gasteiger partial charge in [-0.3, -0.25) is 15.0 Å². The van der Waals surface area contributed by atoms with Crippen LogP contribution >= 0.6 is 0 Å². The van der Waals surface area contributed by atoms with Crippen LogP contribution in [0.3, 0.4) is 0 Å². The van der Waals surface area contributed by atoms with E-state index in [4.69, 9.17) is 5.73 Å². The monoisotopic (exact) mass is 268 g/mol. The third kappa shape index (κ3) is 5.85. The molecule has 1 heterocycles. The highest BCUT2D eigenvalue weighted by Gasteiger charge is 2.23. The van der Waals surface area contributed by atoms with Crippen LogP contribution < -0.4 is 16.4 Å². The summed E-state index contributed by atoms with van der Waals surface area (Å²) in [5, 5.41) is 4.79. The molecule has 0 aromatic carbocycles. The number of hydrogen-bond donors (Lipinski definition) is 3. The van der Waals surface area contributed by atoms with E-state index in [1.807, 2.05) is 6.92 Å². The van der Waals surface area contributed by atoms with Crippen molar-refractivity contribution in [1.29, 1.82) is 0 Å². The molecule has 1 saturated heterocycles. The maximum absolute atomic E-state index is 11.6. The normalized spacial score (nSPS) is 18.6. The quantitative estimate of drug-likeness (QED) is 0.615. The third-order valence-electron chi connectivity index (χ3n) is 3.40. The van der Waals surface area contributed by atoms with Crippen molar-refractivity contribution >= 4 is 11.9 Å². The highest BCUT2D eigenvalue weighted by Crippen LogP contribution is 2.18. The number of nitrogens with one attached hydrogen (secondary N) is 2. The molecular formula is C13H24N4O2. The number of amides is 3. The molecule has 1 aliphatic rings. The minimum Gasteiger partial charge on any atom is -0.334 e. The maximum atomic E-state index is 11.6. The summed E-state index contributed by atoms with van der Waals surface area (Å²) in [7, 11) is 0. The molecule has 0 radical (unpaired) electrons. The summed E-state index contributed by atoms with van der Waals surface area (Å²) in [6.07, 6.45) is 3.57. The Morgan fingerprint density at radius 3 is 2.63 bits per heavy atom. The van der Waals surface area contributed by atoms with E-state index in [0.29, 0.717) is 12.5 Å². The molecule has 0 bridgehead atoms. The zero-order valence-electron chi connectivity index (χ0n) is 11.5. The van der Waals surface area contributed by atoms with Gasteiger partial charge < -0.3 is 11.1 Å². The summed E-state index contributed by atoms with van der Waals surface area (Å²) in [5.41, 5.74) is 5.87. The molecule has 0 saturated carbocycles. The molecule has 1 unspecified atom stereocenters. The Kier molecular flexibility index (Phi) is 6.52. The summed E-state index contributed by atoms with van der Waals surface area (Å²) in [4.78, 5) is 25.0. The standard InChI is InChI=1S/C13H24N4O2/c1-3-6-15-13(19)16-12(18)9-17-7-4-11(5-8-17)10(2)14/h3,10-11H,1,4-9,14H2,2H3,(H2,15,16,18,19). The smallest absolute Gasteiger partial charge is 0.321 e. The zero-order valence-corrected chi connectivity index (χ0v) is 11.5. The van der Waals surface area contributed by atoms with Gasteiger partial charge in [-0.25, -0.2) is 4.79 Å². The highest BCUT2D eigenvalue weighted by atomic mass is 16.2. The van der Waals surface area contributed by atoms with Gasteiger partial charge in [0.05, 0.1) is 6.54 Å². The van der Waals surface area contributed by atoms with Crippen LogP contribution in [0.25, 0.3) is 0 Å². The molecule has 1 rings (SSSR count). The lowest BCUT2D eigenvalue weighted by molar-refractivity contribution is -0.121. The topological polar surface area (TPSA) is 87.5 Å². The van der Waals surface area contributed by atoms with Crippen LogP contribution in [0, 0.1) is 5.92 Å².